The molecule has 1 fully saturated rings. The third-order valence-corrected chi connectivity index (χ3v) is 4.84. The molecule has 1 N–H and O–H groups in total. The van der Waals surface area contributed by atoms with Crippen molar-refractivity contribution in [3.05, 3.63) is 42.2 Å². The van der Waals surface area contributed by atoms with Crippen LogP contribution in [0, 0.1) is 0 Å². The Labute approximate surface area is 161 Å². The number of guanidine groups is 1. The fraction of sp³-hybridized carbons (Fsp3) is 0.500. The molecule has 2 unspecified atom stereocenters. The Balaban J connectivity index is 1.52. The van der Waals surface area contributed by atoms with E-state index in [4.69, 9.17) is 9.47 Å². The number of aromatic nitrogens is 2. The number of rotatable bonds is 6. The predicted octanol–water partition coefficient (Wildman–Crippen LogP) is 2.26. The molecule has 7 heteroatoms. The van der Waals surface area contributed by atoms with Crippen molar-refractivity contribution < 1.29 is 9.47 Å². The highest BCUT2D eigenvalue weighted by Gasteiger charge is 2.27. The lowest BCUT2D eigenvalue weighted by Crippen LogP contribution is -2.43. The third-order valence-electron chi connectivity index (χ3n) is 4.84. The Hall–Kier alpha value is -2.70. The molecule has 3 rings (SSSR count). The molecule has 0 spiro atoms. The second kappa shape index (κ2) is 8.79. The van der Waals surface area contributed by atoms with Crippen molar-refractivity contribution >= 4 is 5.96 Å². The molecule has 27 heavy (non-hydrogen) atoms. The molecule has 0 amide bonds. The SMILES string of the molecule is CN=C(NCC(C)Oc1ccccc1OC)N1CCC(c2cnn(C)c2)C1. The van der Waals surface area contributed by atoms with Gasteiger partial charge >= 0.3 is 0 Å². The van der Waals surface area contributed by atoms with Gasteiger partial charge in [0.15, 0.2) is 17.5 Å². The van der Waals surface area contributed by atoms with E-state index in [2.05, 4.69) is 26.5 Å². The number of aryl methyl sites for hydroxylation is 1. The summed E-state index contributed by atoms with van der Waals surface area (Å²) in [6.45, 7) is 4.64. The van der Waals surface area contributed by atoms with Crippen LogP contribution in [0.4, 0.5) is 0 Å². The zero-order valence-electron chi connectivity index (χ0n) is 16.6. The van der Waals surface area contributed by atoms with Crippen LogP contribution in [-0.2, 0) is 7.05 Å². The van der Waals surface area contributed by atoms with Gasteiger partial charge in [0.2, 0.25) is 0 Å². The molecule has 1 saturated heterocycles. The Morgan fingerprint density at radius 2 is 2.15 bits per heavy atom. The zero-order chi connectivity index (χ0) is 19.2. The maximum atomic E-state index is 6.02. The predicted molar refractivity (Wildman–Crippen MR) is 107 cm³/mol. The number of nitrogens with one attached hydrogen (secondary N) is 1. The van der Waals surface area contributed by atoms with Crippen molar-refractivity contribution in [2.45, 2.75) is 25.4 Å². The topological polar surface area (TPSA) is 63.9 Å². The fourth-order valence-electron chi connectivity index (χ4n) is 3.42. The van der Waals surface area contributed by atoms with Gasteiger partial charge in [0, 0.05) is 39.3 Å². The summed E-state index contributed by atoms with van der Waals surface area (Å²) in [7, 11) is 5.43. The van der Waals surface area contributed by atoms with Gasteiger partial charge in [0.1, 0.15) is 6.10 Å². The molecule has 0 saturated carbocycles. The van der Waals surface area contributed by atoms with Gasteiger partial charge in [-0.2, -0.15) is 5.10 Å². The number of hydrogen-bond donors (Lipinski definition) is 1. The molecule has 146 valence electrons. The quantitative estimate of drug-likeness (QED) is 0.623. The summed E-state index contributed by atoms with van der Waals surface area (Å²) >= 11 is 0. The average Bonchev–Trinajstić information content (AvgIpc) is 3.32. The normalized spacial score (nSPS) is 18.4. The van der Waals surface area contributed by atoms with Crippen molar-refractivity contribution in [2.75, 3.05) is 33.8 Å². The third kappa shape index (κ3) is 4.72. The van der Waals surface area contributed by atoms with E-state index in [1.165, 1.54) is 5.56 Å². The first kappa shape index (κ1) is 19.1. The summed E-state index contributed by atoms with van der Waals surface area (Å²) in [6, 6.07) is 7.70. The number of hydrogen-bond acceptors (Lipinski definition) is 4. The van der Waals surface area contributed by atoms with Crippen molar-refractivity contribution in [1.82, 2.24) is 20.0 Å². The van der Waals surface area contributed by atoms with E-state index >= 15 is 0 Å². The van der Waals surface area contributed by atoms with Crippen LogP contribution < -0.4 is 14.8 Å². The van der Waals surface area contributed by atoms with E-state index in [0.29, 0.717) is 12.5 Å². The first-order valence-corrected chi connectivity index (χ1v) is 9.34. The van der Waals surface area contributed by atoms with E-state index in [-0.39, 0.29) is 6.10 Å². The zero-order valence-corrected chi connectivity index (χ0v) is 16.6. The molecular formula is C20H29N5O2. The number of benzene rings is 1. The molecule has 1 aromatic carbocycles. The highest BCUT2D eigenvalue weighted by molar-refractivity contribution is 5.80. The lowest BCUT2D eigenvalue weighted by atomic mass is 10.0. The lowest BCUT2D eigenvalue weighted by Gasteiger charge is -2.24. The Bertz CT molecular complexity index is 773. The maximum absolute atomic E-state index is 6.02. The number of aliphatic imine (C=N–C) groups is 1. The van der Waals surface area contributed by atoms with Crippen LogP contribution in [0.5, 0.6) is 11.5 Å². The first-order chi connectivity index (χ1) is 13.1. The standard InChI is InChI=1S/C20H29N5O2/c1-15(27-19-8-6-5-7-18(19)26-4)11-22-20(21-2)25-10-9-16(14-25)17-12-23-24(3)13-17/h5-8,12-13,15-16H,9-11,14H2,1-4H3,(H,21,22). The Kier molecular flexibility index (Phi) is 6.21. The number of ether oxygens (including phenoxy) is 2. The van der Waals surface area contributed by atoms with Crippen LogP contribution in [0.2, 0.25) is 0 Å². The summed E-state index contributed by atoms with van der Waals surface area (Å²) < 4.78 is 13.2. The van der Waals surface area contributed by atoms with Crippen molar-refractivity contribution in [3.63, 3.8) is 0 Å². The first-order valence-electron chi connectivity index (χ1n) is 9.34. The Morgan fingerprint density at radius 1 is 1.37 bits per heavy atom. The fourth-order valence-corrected chi connectivity index (χ4v) is 3.42. The van der Waals surface area contributed by atoms with Gasteiger partial charge in [-0.15, -0.1) is 0 Å². The highest BCUT2D eigenvalue weighted by Crippen LogP contribution is 2.27. The Morgan fingerprint density at radius 3 is 2.81 bits per heavy atom. The summed E-state index contributed by atoms with van der Waals surface area (Å²) in [4.78, 5) is 6.75. The number of nitrogens with zero attached hydrogens (tertiary/aromatic N) is 4. The largest absolute Gasteiger partial charge is 0.493 e. The van der Waals surface area contributed by atoms with Gasteiger partial charge in [0.25, 0.3) is 0 Å². The van der Waals surface area contributed by atoms with E-state index < -0.39 is 0 Å². The molecule has 1 aliphatic rings. The molecule has 2 aromatic rings. The summed E-state index contributed by atoms with van der Waals surface area (Å²) in [5.41, 5.74) is 1.29. The van der Waals surface area contributed by atoms with Gasteiger partial charge < -0.3 is 19.7 Å². The smallest absolute Gasteiger partial charge is 0.193 e. The van der Waals surface area contributed by atoms with Crippen LogP contribution >= 0.6 is 0 Å². The second-order valence-electron chi connectivity index (χ2n) is 6.89. The minimum Gasteiger partial charge on any atom is -0.493 e. The number of para-hydroxylation sites is 2. The van der Waals surface area contributed by atoms with Crippen LogP contribution in [0.1, 0.15) is 24.8 Å². The molecule has 0 bridgehead atoms. The maximum Gasteiger partial charge on any atom is 0.193 e. The van der Waals surface area contributed by atoms with Crippen molar-refractivity contribution in [2.24, 2.45) is 12.0 Å². The van der Waals surface area contributed by atoms with Gasteiger partial charge in [-0.05, 0) is 31.0 Å². The summed E-state index contributed by atoms with van der Waals surface area (Å²) in [5, 5.41) is 7.73. The number of methoxy groups -OCH3 is 1. The second-order valence-corrected chi connectivity index (χ2v) is 6.89. The van der Waals surface area contributed by atoms with Gasteiger partial charge in [-0.1, -0.05) is 12.1 Å². The van der Waals surface area contributed by atoms with Crippen molar-refractivity contribution in [3.8, 4) is 11.5 Å². The van der Waals surface area contributed by atoms with Crippen LogP contribution in [-0.4, -0.2) is 60.5 Å². The van der Waals surface area contributed by atoms with E-state index in [0.717, 1.165) is 37.0 Å². The van der Waals surface area contributed by atoms with Gasteiger partial charge in [-0.25, -0.2) is 0 Å². The van der Waals surface area contributed by atoms with Gasteiger partial charge in [0.05, 0.1) is 19.9 Å². The molecule has 0 radical (unpaired) electrons. The molecule has 7 nitrogen and oxygen atoms in total. The minimum atomic E-state index is -0.0187. The molecular weight excluding hydrogens is 342 g/mol. The van der Waals surface area contributed by atoms with Gasteiger partial charge in [-0.3, -0.25) is 9.67 Å². The van der Waals surface area contributed by atoms with E-state index in [9.17, 15) is 0 Å². The van der Waals surface area contributed by atoms with Crippen LogP contribution in [0.25, 0.3) is 0 Å². The van der Waals surface area contributed by atoms with E-state index in [1.54, 1.807) is 7.11 Å². The molecule has 0 aliphatic carbocycles. The van der Waals surface area contributed by atoms with E-state index in [1.807, 2.05) is 56.2 Å². The summed E-state index contributed by atoms with van der Waals surface area (Å²) in [5.74, 6) is 2.91. The highest BCUT2D eigenvalue weighted by atomic mass is 16.5. The van der Waals surface area contributed by atoms with Crippen LogP contribution in [0.15, 0.2) is 41.7 Å². The number of likely N-dealkylation sites (tertiary alicyclic amines) is 1. The van der Waals surface area contributed by atoms with Crippen LogP contribution in [0.3, 0.4) is 0 Å². The molecule has 2 heterocycles. The average molecular weight is 371 g/mol. The monoisotopic (exact) mass is 371 g/mol. The minimum absolute atomic E-state index is 0.0187. The summed E-state index contributed by atoms with van der Waals surface area (Å²) in [6.07, 6.45) is 5.16. The molecule has 1 aromatic heterocycles. The van der Waals surface area contributed by atoms with Crippen molar-refractivity contribution in [1.29, 1.82) is 0 Å². The molecule has 2 atom stereocenters. The lowest BCUT2D eigenvalue weighted by molar-refractivity contribution is 0.212. The molecule has 1 aliphatic heterocycles.